The molecule has 0 unspecified atom stereocenters. The van der Waals surface area contributed by atoms with Gasteiger partial charge in [0.05, 0.1) is 9.79 Å². The van der Waals surface area contributed by atoms with Crippen LogP contribution in [0.4, 0.5) is 10.3 Å². The van der Waals surface area contributed by atoms with Gasteiger partial charge >= 0.3 is 0 Å². The molecule has 2 aliphatic heterocycles. The fraction of sp³-hybridized carbons (Fsp3) is 0.143. The van der Waals surface area contributed by atoms with Crippen LogP contribution in [-0.4, -0.2) is 71.5 Å². The molecule has 46 heavy (non-hydrogen) atoms. The molecule has 0 radical (unpaired) electrons. The highest BCUT2D eigenvalue weighted by molar-refractivity contribution is 7.89. The van der Waals surface area contributed by atoms with Crippen LogP contribution in [0, 0.1) is 13.8 Å². The fourth-order valence-electron chi connectivity index (χ4n) is 4.50. The third kappa shape index (κ3) is 5.82. The summed E-state index contributed by atoms with van der Waals surface area (Å²) in [5.74, 6) is -2.25. The third-order valence-corrected chi connectivity index (χ3v) is 12.0. The van der Waals surface area contributed by atoms with E-state index in [1.165, 1.54) is 61.0 Å². The SMILES string of the molecule is Cc1cnc(NC(=O)C2=C(O)c3ccccc3S(=O)(=O)N2C)s1.Cc1cnc(NC(=O)C2=C(O)c3ccccc3S(=O)(=O)N2C)s1. The minimum Gasteiger partial charge on any atom is -0.505 e. The molecule has 0 saturated heterocycles. The number of likely N-dealkylation sites (N-methyl/N-ethyl adjacent to an activating group) is 2. The molecule has 14 nitrogen and oxygen atoms in total. The van der Waals surface area contributed by atoms with E-state index in [4.69, 9.17) is 0 Å². The summed E-state index contributed by atoms with van der Waals surface area (Å²) in [7, 11) is -5.34. The van der Waals surface area contributed by atoms with Crippen molar-refractivity contribution >= 4 is 76.3 Å². The van der Waals surface area contributed by atoms with E-state index >= 15 is 0 Å². The average Bonchev–Trinajstić information content (AvgIpc) is 3.62. The lowest BCUT2D eigenvalue weighted by Crippen LogP contribution is -2.37. The van der Waals surface area contributed by atoms with Crippen LogP contribution in [0.1, 0.15) is 20.9 Å². The van der Waals surface area contributed by atoms with Gasteiger partial charge in [-0.3, -0.25) is 28.8 Å². The molecule has 18 heteroatoms. The van der Waals surface area contributed by atoms with Gasteiger partial charge in [0.25, 0.3) is 31.9 Å². The quantitative estimate of drug-likeness (QED) is 0.242. The number of benzene rings is 2. The van der Waals surface area contributed by atoms with Gasteiger partial charge in [0.2, 0.25) is 0 Å². The number of aromatic nitrogens is 2. The number of nitrogens with zero attached hydrogens (tertiary/aromatic N) is 4. The number of amides is 2. The Balaban J connectivity index is 0.000000181. The highest BCUT2D eigenvalue weighted by Gasteiger charge is 2.39. The topological polar surface area (TPSA) is 199 Å². The molecular weight excluding hydrogens is 677 g/mol. The van der Waals surface area contributed by atoms with Gasteiger partial charge < -0.3 is 10.2 Å². The van der Waals surface area contributed by atoms with Gasteiger partial charge in [-0.15, -0.1) is 22.7 Å². The fourth-order valence-corrected chi connectivity index (χ4v) is 8.62. The van der Waals surface area contributed by atoms with Crippen molar-refractivity contribution in [3.8, 4) is 0 Å². The number of carbonyl (C=O) groups is 2. The van der Waals surface area contributed by atoms with E-state index in [9.17, 15) is 36.6 Å². The van der Waals surface area contributed by atoms with Crippen molar-refractivity contribution in [2.45, 2.75) is 23.6 Å². The van der Waals surface area contributed by atoms with E-state index in [-0.39, 0.29) is 43.8 Å². The zero-order chi connectivity index (χ0) is 33.6. The zero-order valence-corrected chi connectivity index (χ0v) is 27.8. The van der Waals surface area contributed by atoms with Crippen molar-refractivity contribution in [1.82, 2.24) is 18.6 Å². The summed E-state index contributed by atoms with van der Waals surface area (Å²) in [6.45, 7) is 3.66. The van der Waals surface area contributed by atoms with Gasteiger partial charge in [0.1, 0.15) is 0 Å². The zero-order valence-electron chi connectivity index (χ0n) is 24.5. The smallest absolute Gasteiger partial charge is 0.278 e. The monoisotopic (exact) mass is 702 g/mol. The number of hydrogen-bond acceptors (Lipinski definition) is 12. The molecule has 0 saturated carbocycles. The molecule has 6 rings (SSSR count). The molecule has 2 amide bonds. The Morgan fingerprint density at radius 1 is 0.674 bits per heavy atom. The Hall–Kier alpha value is -4.78. The first-order chi connectivity index (χ1) is 21.6. The number of thiazole rings is 2. The summed E-state index contributed by atoms with van der Waals surface area (Å²) in [6.07, 6.45) is 3.18. The Labute approximate surface area is 272 Å². The summed E-state index contributed by atoms with van der Waals surface area (Å²) >= 11 is 2.51. The van der Waals surface area contributed by atoms with Gasteiger partial charge in [-0.1, -0.05) is 24.3 Å². The van der Waals surface area contributed by atoms with Crippen LogP contribution >= 0.6 is 22.7 Å². The molecule has 0 aliphatic carbocycles. The summed E-state index contributed by atoms with van der Waals surface area (Å²) in [5, 5.41) is 26.4. The Bertz CT molecular complexity index is 2020. The number of rotatable bonds is 4. The van der Waals surface area contributed by atoms with Crippen molar-refractivity contribution < 1.29 is 36.6 Å². The predicted molar refractivity (Wildman–Crippen MR) is 173 cm³/mol. The highest BCUT2D eigenvalue weighted by atomic mass is 32.2. The molecule has 2 aromatic heterocycles. The molecule has 0 bridgehead atoms. The molecular formula is C28H26N6O8S4. The van der Waals surface area contributed by atoms with Gasteiger partial charge in [-0.2, -0.15) is 0 Å². The van der Waals surface area contributed by atoms with Gasteiger partial charge in [0, 0.05) is 47.4 Å². The van der Waals surface area contributed by atoms with Crippen LogP contribution in [0.3, 0.4) is 0 Å². The summed E-state index contributed by atoms with van der Waals surface area (Å²) < 4.78 is 51.6. The van der Waals surface area contributed by atoms with Crippen LogP contribution in [0.15, 0.2) is 82.1 Å². The molecule has 0 spiro atoms. The molecule has 4 heterocycles. The van der Waals surface area contributed by atoms with Crippen molar-refractivity contribution in [2.75, 3.05) is 24.7 Å². The van der Waals surface area contributed by atoms with E-state index in [1.807, 2.05) is 13.8 Å². The van der Waals surface area contributed by atoms with E-state index in [2.05, 4.69) is 20.6 Å². The number of aliphatic hydroxyl groups excluding tert-OH is 2. The maximum absolute atomic E-state index is 12.5. The maximum atomic E-state index is 12.5. The molecule has 0 atom stereocenters. The van der Waals surface area contributed by atoms with Crippen molar-refractivity contribution in [3.63, 3.8) is 0 Å². The Morgan fingerprint density at radius 2 is 1.02 bits per heavy atom. The van der Waals surface area contributed by atoms with E-state index in [0.29, 0.717) is 10.3 Å². The molecule has 4 aromatic rings. The number of anilines is 2. The van der Waals surface area contributed by atoms with Crippen LogP contribution in [0.25, 0.3) is 11.5 Å². The summed E-state index contributed by atoms with van der Waals surface area (Å²) in [4.78, 5) is 34.6. The van der Waals surface area contributed by atoms with Gasteiger partial charge in [0.15, 0.2) is 33.2 Å². The molecule has 240 valence electrons. The number of carbonyl (C=O) groups excluding carboxylic acids is 2. The van der Waals surface area contributed by atoms with Gasteiger partial charge in [-0.05, 0) is 38.1 Å². The summed E-state index contributed by atoms with van der Waals surface area (Å²) in [6, 6.07) is 12.0. The van der Waals surface area contributed by atoms with Crippen LogP contribution < -0.4 is 10.6 Å². The number of sulfonamides is 2. The van der Waals surface area contributed by atoms with E-state index < -0.39 is 31.9 Å². The minimum atomic E-state index is -3.90. The van der Waals surface area contributed by atoms with Crippen LogP contribution in [0.2, 0.25) is 0 Å². The molecule has 4 N–H and O–H groups in total. The average molecular weight is 703 g/mol. The van der Waals surface area contributed by atoms with Gasteiger partial charge in [-0.25, -0.2) is 26.8 Å². The summed E-state index contributed by atoms with van der Waals surface area (Å²) in [5.41, 5.74) is -0.467. The first-order valence-corrected chi connectivity index (χ1v) is 17.7. The van der Waals surface area contributed by atoms with E-state index in [1.54, 1.807) is 36.7 Å². The first-order valence-electron chi connectivity index (χ1n) is 13.1. The molecule has 2 aromatic carbocycles. The van der Waals surface area contributed by atoms with E-state index in [0.717, 1.165) is 18.4 Å². The number of aryl methyl sites for hydroxylation is 2. The molecule has 0 fully saturated rings. The standard InChI is InChI=1S/2C14H13N3O4S2/c2*1-8-7-15-14(22-8)16-13(19)11-12(18)9-5-3-4-6-10(9)23(20,21)17(11)2/h2*3-7,18H,1-2H3,(H,15,16,19). The van der Waals surface area contributed by atoms with Crippen LogP contribution in [0.5, 0.6) is 0 Å². The lowest BCUT2D eigenvalue weighted by atomic mass is 10.1. The number of hydrogen-bond donors (Lipinski definition) is 4. The second kappa shape index (κ2) is 12.2. The lowest BCUT2D eigenvalue weighted by Gasteiger charge is -2.28. The Morgan fingerprint density at radius 3 is 1.35 bits per heavy atom. The van der Waals surface area contributed by atoms with Crippen molar-refractivity contribution in [1.29, 1.82) is 0 Å². The van der Waals surface area contributed by atoms with Crippen molar-refractivity contribution in [2.24, 2.45) is 0 Å². The number of nitrogens with one attached hydrogen (secondary N) is 2. The third-order valence-electron chi connectivity index (χ3n) is 6.75. The maximum Gasteiger partial charge on any atom is 0.278 e. The molecule has 2 aliphatic rings. The largest absolute Gasteiger partial charge is 0.505 e. The normalized spacial score (nSPS) is 16.2. The second-order valence-corrected chi connectivity index (χ2v) is 16.1. The number of fused-ring (bicyclic) bond motifs is 2. The predicted octanol–water partition coefficient (Wildman–Crippen LogP) is 3.90. The second-order valence-electron chi connectivity index (χ2n) is 9.79. The number of aliphatic hydroxyl groups is 2. The first kappa shape index (κ1) is 32.6. The lowest BCUT2D eigenvalue weighted by molar-refractivity contribution is -0.114. The minimum absolute atomic E-state index is 0.0401. The van der Waals surface area contributed by atoms with Crippen molar-refractivity contribution in [3.05, 3.63) is 93.2 Å². The Kier molecular flexibility index (Phi) is 8.65. The highest BCUT2D eigenvalue weighted by Crippen LogP contribution is 2.36. The van der Waals surface area contributed by atoms with Crippen LogP contribution in [-0.2, 0) is 29.6 Å².